The summed E-state index contributed by atoms with van der Waals surface area (Å²) >= 11 is 5.95. The van der Waals surface area contributed by atoms with E-state index >= 15 is 0 Å². The van der Waals surface area contributed by atoms with Crippen molar-refractivity contribution in [1.29, 1.82) is 0 Å². The van der Waals surface area contributed by atoms with Gasteiger partial charge in [-0.3, -0.25) is 10.1 Å². The van der Waals surface area contributed by atoms with Crippen LogP contribution in [-0.4, -0.2) is 54.8 Å². The van der Waals surface area contributed by atoms with Gasteiger partial charge in [0.15, 0.2) is 0 Å². The summed E-state index contributed by atoms with van der Waals surface area (Å²) in [5.41, 5.74) is 5.07. The minimum Gasteiger partial charge on any atom is -0.351 e. The smallest absolute Gasteiger partial charge is 0.314 e. The van der Waals surface area contributed by atoms with Crippen LogP contribution in [0.15, 0.2) is 17.0 Å². The second-order valence-electron chi connectivity index (χ2n) is 5.39. The standard InChI is InChI=1S/C13H17ClN4O5S/c1-9-11(14)7-10(8-12(9)18(20)21)24(22,23)17-4-2-3-16(5-6-17)13(15)19/h7-8H,2-6H2,1H3,(H2,15,19). The Kier molecular flexibility index (Phi) is 5.31. The Labute approximate surface area is 144 Å². The van der Waals surface area contributed by atoms with E-state index in [2.05, 4.69) is 0 Å². The van der Waals surface area contributed by atoms with Crippen molar-refractivity contribution in [3.63, 3.8) is 0 Å². The second-order valence-corrected chi connectivity index (χ2v) is 7.73. The Morgan fingerprint density at radius 2 is 1.96 bits per heavy atom. The Balaban J connectivity index is 2.37. The lowest BCUT2D eigenvalue weighted by atomic mass is 10.2. The topological polar surface area (TPSA) is 127 Å². The van der Waals surface area contributed by atoms with Gasteiger partial charge in [-0.25, -0.2) is 13.2 Å². The molecule has 1 aromatic carbocycles. The fraction of sp³-hybridized carbons (Fsp3) is 0.462. The number of benzene rings is 1. The normalized spacial score (nSPS) is 16.7. The van der Waals surface area contributed by atoms with Gasteiger partial charge in [0.05, 0.1) is 14.8 Å². The number of carbonyl (C=O) groups excluding carboxylic acids is 1. The molecule has 1 aromatic rings. The molecule has 132 valence electrons. The maximum absolute atomic E-state index is 12.8. The summed E-state index contributed by atoms with van der Waals surface area (Å²) in [6, 6.07) is 1.60. The van der Waals surface area contributed by atoms with Crippen LogP contribution >= 0.6 is 11.6 Å². The summed E-state index contributed by atoms with van der Waals surface area (Å²) in [5.74, 6) is 0. The molecule has 0 unspecified atom stereocenters. The van der Waals surface area contributed by atoms with Crippen molar-refractivity contribution in [2.45, 2.75) is 18.2 Å². The van der Waals surface area contributed by atoms with E-state index in [-0.39, 0.29) is 40.8 Å². The highest BCUT2D eigenvalue weighted by Gasteiger charge is 2.30. The molecule has 0 radical (unpaired) electrons. The Bertz CT molecular complexity index is 783. The number of amides is 2. The van der Waals surface area contributed by atoms with Crippen molar-refractivity contribution in [2.24, 2.45) is 5.73 Å². The number of carbonyl (C=O) groups is 1. The molecule has 1 saturated heterocycles. The molecule has 11 heteroatoms. The van der Waals surface area contributed by atoms with Gasteiger partial charge in [0.25, 0.3) is 5.69 Å². The van der Waals surface area contributed by atoms with E-state index < -0.39 is 21.0 Å². The number of rotatable bonds is 3. The van der Waals surface area contributed by atoms with Crippen LogP contribution < -0.4 is 5.73 Å². The van der Waals surface area contributed by atoms with E-state index in [0.717, 1.165) is 6.07 Å². The van der Waals surface area contributed by atoms with Crippen LogP contribution in [0, 0.1) is 17.0 Å². The Morgan fingerprint density at radius 1 is 1.29 bits per heavy atom. The lowest BCUT2D eigenvalue weighted by molar-refractivity contribution is -0.385. The van der Waals surface area contributed by atoms with Gasteiger partial charge >= 0.3 is 6.03 Å². The minimum atomic E-state index is -3.96. The molecule has 1 heterocycles. The molecule has 1 aliphatic heterocycles. The summed E-state index contributed by atoms with van der Waals surface area (Å²) in [7, 11) is -3.96. The molecule has 0 aliphatic carbocycles. The van der Waals surface area contributed by atoms with Crippen LogP contribution in [-0.2, 0) is 10.0 Å². The van der Waals surface area contributed by atoms with Crippen LogP contribution in [0.4, 0.5) is 10.5 Å². The fourth-order valence-corrected chi connectivity index (χ4v) is 4.28. The van der Waals surface area contributed by atoms with E-state index in [9.17, 15) is 23.3 Å². The van der Waals surface area contributed by atoms with Gasteiger partial charge in [0, 0.05) is 37.8 Å². The monoisotopic (exact) mass is 376 g/mol. The largest absolute Gasteiger partial charge is 0.351 e. The van der Waals surface area contributed by atoms with Crippen LogP contribution in [0.1, 0.15) is 12.0 Å². The molecule has 2 N–H and O–H groups in total. The molecule has 2 rings (SSSR count). The number of urea groups is 1. The van der Waals surface area contributed by atoms with Crippen molar-refractivity contribution in [1.82, 2.24) is 9.21 Å². The third-order valence-electron chi connectivity index (χ3n) is 3.89. The number of halogens is 1. The molecule has 0 spiro atoms. The number of primary amides is 1. The zero-order chi connectivity index (χ0) is 18.1. The molecule has 0 bridgehead atoms. The summed E-state index contributed by atoms with van der Waals surface area (Å²) < 4.78 is 26.7. The molecular weight excluding hydrogens is 360 g/mol. The summed E-state index contributed by atoms with van der Waals surface area (Å²) in [6.07, 6.45) is 0.420. The highest BCUT2D eigenvalue weighted by molar-refractivity contribution is 7.89. The molecule has 1 fully saturated rings. The quantitative estimate of drug-likeness (QED) is 0.628. The first-order chi connectivity index (χ1) is 11.1. The summed E-state index contributed by atoms with van der Waals surface area (Å²) in [4.78, 5) is 22.8. The molecule has 1 aliphatic rings. The zero-order valence-corrected chi connectivity index (χ0v) is 14.5. The lowest BCUT2D eigenvalue weighted by Gasteiger charge is -2.21. The van der Waals surface area contributed by atoms with Gasteiger partial charge in [0.1, 0.15) is 0 Å². The van der Waals surface area contributed by atoms with Crippen molar-refractivity contribution in [3.05, 3.63) is 32.8 Å². The Morgan fingerprint density at radius 3 is 2.54 bits per heavy atom. The number of hydrogen-bond donors (Lipinski definition) is 1. The van der Waals surface area contributed by atoms with E-state index in [1.807, 2.05) is 0 Å². The third kappa shape index (κ3) is 3.60. The first kappa shape index (κ1) is 18.4. The van der Waals surface area contributed by atoms with Crippen LogP contribution in [0.25, 0.3) is 0 Å². The first-order valence-corrected chi connectivity index (χ1v) is 8.95. The maximum atomic E-state index is 12.8. The number of nitro benzene ring substituents is 1. The van der Waals surface area contributed by atoms with Gasteiger partial charge < -0.3 is 10.6 Å². The first-order valence-electron chi connectivity index (χ1n) is 7.13. The maximum Gasteiger partial charge on any atom is 0.314 e. The SMILES string of the molecule is Cc1c(Cl)cc(S(=O)(=O)N2CCCN(C(N)=O)CC2)cc1[N+](=O)[O-]. The van der Waals surface area contributed by atoms with Crippen LogP contribution in [0.2, 0.25) is 5.02 Å². The summed E-state index contributed by atoms with van der Waals surface area (Å²) in [6.45, 7) is 2.22. The highest BCUT2D eigenvalue weighted by Crippen LogP contribution is 2.31. The van der Waals surface area contributed by atoms with Gasteiger partial charge in [-0.2, -0.15) is 4.31 Å². The average Bonchev–Trinajstić information content (AvgIpc) is 2.75. The zero-order valence-electron chi connectivity index (χ0n) is 12.9. The van der Waals surface area contributed by atoms with E-state index in [1.54, 1.807) is 0 Å². The predicted octanol–water partition coefficient (Wildman–Crippen LogP) is 1.33. The average molecular weight is 377 g/mol. The van der Waals surface area contributed by atoms with Gasteiger partial charge in [-0.15, -0.1) is 0 Å². The van der Waals surface area contributed by atoms with Crippen LogP contribution in [0.3, 0.4) is 0 Å². The molecule has 0 aromatic heterocycles. The number of hydrogen-bond acceptors (Lipinski definition) is 5. The number of sulfonamides is 1. The van der Waals surface area contributed by atoms with Crippen molar-refractivity contribution < 1.29 is 18.1 Å². The second kappa shape index (κ2) is 6.91. The predicted molar refractivity (Wildman–Crippen MR) is 87.4 cm³/mol. The number of nitro groups is 1. The van der Waals surface area contributed by atoms with Crippen LogP contribution in [0.5, 0.6) is 0 Å². The highest BCUT2D eigenvalue weighted by atomic mass is 35.5. The van der Waals surface area contributed by atoms with E-state index in [1.165, 1.54) is 22.2 Å². The molecule has 0 saturated carbocycles. The molecular formula is C13H17ClN4O5S. The van der Waals surface area contributed by atoms with Gasteiger partial charge in [0.2, 0.25) is 10.0 Å². The van der Waals surface area contributed by atoms with Crippen molar-refractivity contribution in [2.75, 3.05) is 26.2 Å². The molecule has 2 amide bonds. The molecule has 0 atom stereocenters. The van der Waals surface area contributed by atoms with E-state index in [0.29, 0.717) is 13.0 Å². The van der Waals surface area contributed by atoms with Gasteiger partial charge in [-0.1, -0.05) is 11.6 Å². The minimum absolute atomic E-state index is 0.0105. The fourth-order valence-electron chi connectivity index (χ4n) is 2.48. The van der Waals surface area contributed by atoms with Gasteiger partial charge in [-0.05, 0) is 19.4 Å². The number of nitrogens with two attached hydrogens (primary N) is 1. The summed E-state index contributed by atoms with van der Waals surface area (Å²) in [5, 5.41) is 11.1. The van der Waals surface area contributed by atoms with E-state index in [4.69, 9.17) is 17.3 Å². The molecule has 9 nitrogen and oxygen atoms in total. The third-order valence-corrected chi connectivity index (χ3v) is 6.16. The number of nitrogens with zero attached hydrogens (tertiary/aromatic N) is 3. The molecule has 24 heavy (non-hydrogen) atoms. The van der Waals surface area contributed by atoms with Crippen molar-refractivity contribution in [3.8, 4) is 0 Å². The Hall–Kier alpha value is -1.91. The lowest BCUT2D eigenvalue weighted by Crippen LogP contribution is -2.39. The van der Waals surface area contributed by atoms with Crippen molar-refractivity contribution >= 4 is 33.3 Å².